The van der Waals surface area contributed by atoms with Gasteiger partial charge in [-0.05, 0) is 42.8 Å². The van der Waals surface area contributed by atoms with E-state index >= 15 is 0 Å². The fraction of sp³-hybridized carbons (Fsp3) is 0.448. The molecular formula is C29H33F3N2O5. The Kier molecular flexibility index (Phi) is 8.97. The molecule has 0 saturated carbocycles. The van der Waals surface area contributed by atoms with Crippen LogP contribution in [0, 0.1) is 0 Å². The number of halogens is 3. The molecule has 0 aromatic heterocycles. The lowest BCUT2D eigenvalue weighted by Crippen LogP contribution is -2.56. The van der Waals surface area contributed by atoms with Crippen LogP contribution >= 0.6 is 0 Å². The van der Waals surface area contributed by atoms with Crippen molar-refractivity contribution in [2.75, 3.05) is 19.7 Å². The first-order chi connectivity index (χ1) is 18.7. The van der Waals surface area contributed by atoms with Gasteiger partial charge in [0, 0.05) is 29.8 Å². The summed E-state index contributed by atoms with van der Waals surface area (Å²) in [6, 6.07) is 10.2. The molecule has 2 aliphatic rings. The Labute approximate surface area is 225 Å². The van der Waals surface area contributed by atoms with E-state index in [0.29, 0.717) is 17.7 Å². The summed E-state index contributed by atoms with van der Waals surface area (Å²) in [5.74, 6) is -1.07. The summed E-state index contributed by atoms with van der Waals surface area (Å²) >= 11 is 0. The summed E-state index contributed by atoms with van der Waals surface area (Å²) in [6.45, 7) is 2.04. The van der Waals surface area contributed by atoms with E-state index in [4.69, 9.17) is 4.74 Å². The van der Waals surface area contributed by atoms with E-state index < -0.39 is 47.7 Å². The molecule has 2 aromatic rings. The number of alkyl halides is 3. The number of amides is 2. The average molecular weight is 547 g/mol. The van der Waals surface area contributed by atoms with Crippen LogP contribution in [0.15, 0.2) is 60.2 Å². The van der Waals surface area contributed by atoms with Gasteiger partial charge < -0.3 is 25.2 Å². The summed E-state index contributed by atoms with van der Waals surface area (Å²) in [4.78, 5) is 28.3. The van der Waals surface area contributed by atoms with Crippen molar-refractivity contribution in [2.45, 2.75) is 63.0 Å². The van der Waals surface area contributed by atoms with Crippen molar-refractivity contribution in [3.8, 4) is 5.75 Å². The zero-order valence-electron chi connectivity index (χ0n) is 21.7. The molecule has 2 aromatic carbocycles. The quantitative estimate of drug-likeness (QED) is 0.391. The number of unbranched alkanes of at least 4 members (excludes halogenated alkanes) is 3. The summed E-state index contributed by atoms with van der Waals surface area (Å²) in [7, 11) is 0. The summed E-state index contributed by atoms with van der Waals surface area (Å²) < 4.78 is 45.4. The number of carbonyl (C=O) groups excluding carboxylic acids is 2. The molecule has 4 rings (SSSR count). The normalized spacial score (nSPS) is 21.8. The lowest BCUT2D eigenvalue weighted by atomic mass is 9.77. The maximum atomic E-state index is 13.7. The average Bonchev–Trinajstić information content (AvgIpc) is 3.32. The molecule has 4 atom stereocenters. The second kappa shape index (κ2) is 12.2. The van der Waals surface area contributed by atoms with Crippen LogP contribution < -0.4 is 10.1 Å². The zero-order chi connectivity index (χ0) is 28.2. The van der Waals surface area contributed by atoms with Gasteiger partial charge in [-0.1, -0.05) is 44.4 Å². The van der Waals surface area contributed by atoms with Crippen molar-refractivity contribution in [3.05, 3.63) is 76.9 Å². The molecule has 1 heterocycles. The summed E-state index contributed by atoms with van der Waals surface area (Å²) in [5, 5.41) is 23.4. The minimum absolute atomic E-state index is 0.0223. The van der Waals surface area contributed by atoms with Crippen LogP contribution in [0.2, 0.25) is 0 Å². The minimum atomic E-state index is -4.54. The van der Waals surface area contributed by atoms with Gasteiger partial charge in [-0.3, -0.25) is 9.59 Å². The Morgan fingerprint density at radius 3 is 2.44 bits per heavy atom. The molecule has 1 aliphatic heterocycles. The van der Waals surface area contributed by atoms with Crippen LogP contribution in [0.4, 0.5) is 13.2 Å². The van der Waals surface area contributed by atoms with Gasteiger partial charge in [0.25, 0.3) is 5.91 Å². The molecule has 10 heteroatoms. The number of nitrogens with zero attached hydrogens (tertiary/aromatic N) is 1. The van der Waals surface area contributed by atoms with Gasteiger partial charge in [0.2, 0.25) is 5.91 Å². The van der Waals surface area contributed by atoms with Crippen molar-refractivity contribution in [3.63, 3.8) is 0 Å². The highest BCUT2D eigenvalue weighted by atomic mass is 19.4. The molecule has 0 radical (unpaired) electrons. The first-order valence-electron chi connectivity index (χ1n) is 13.2. The van der Waals surface area contributed by atoms with Crippen LogP contribution in [0.1, 0.15) is 60.0 Å². The third-order valence-corrected chi connectivity index (χ3v) is 7.21. The second-order valence-electron chi connectivity index (χ2n) is 9.81. The number of carbonyl (C=O) groups is 2. The molecule has 0 fully saturated rings. The molecule has 0 bridgehead atoms. The van der Waals surface area contributed by atoms with Crippen molar-refractivity contribution in [2.24, 2.45) is 0 Å². The number of nitrogens with one attached hydrogen (secondary N) is 1. The molecule has 0 unspecified atom stereocenters. The van der Waals surface area contributed by atoms with Gasteiger partial charge in [-0.15, -0.1) is 0 Å². The molecule has 7 nitrogen and oxygen atoms in total. The van der Waals surface area contributed by atoms with Crippen LogP contribution in [0.3, 0.4) is 0 Å². The first-order valence-corrected chi connectivity index (χ1v) is 13.2. The second-order valence-corrected chi connectivity index (χ2v) is 9.81. The smallest absolute Gasteiger partial charge is 0.416 e. The van der Waals surface area contributed by atoms with E-state index in [0.717, 1.165) is 49.1 Å². The van der Waals surface area contributed by atoms with Crippen molar-refractivity contribution >= 4 is 11.8 Å². The largest absolute Gasteiger partial charge is 0.486 e. The topological polar surface area (TPSA) is 99.1 Å². The predicted octanol–water partition coefficient (Wildman–Crippen LogP) is 4.05. The molecule has 1 aliphatic carbocycles. The zero-order valence-corrected chi connectivity index (χ0v) is 21.7. The standard InChI is InChI=1S/C29H33F3N2O5/c1-2-3-4-7-15-34(28(38)18-10-12-19(13-11-18)29(30,31)32)22-17-21(27(37)33-14-16-35)24-20-8-5-6-9-23(20)39-26(24)25(22)36/h5-6,8-13,17,22,24-26,35-36H,2-4,7,14-16H2,1H3,(H,33,37)/t22-,24+,25+,26+/m1/s1. The molecule has 2 amide bonds. The van der Waals surface area contributed by atoms with E-state index in [-0.39, 0.29) is 25.3 Å². The SMILES string of the molecule is CCCCCCN(C(=O)c1ccc(C(F)(F)F)cc1)[C@@H]1C=C(C(=O)NCCO)[C@@H]2c3ccccc3O[C@@H]2[C@H]1O. The molecule has 3 N–H and O–H groups in total. The lowest BCUT2D eigenvalue weighted by molar-refractivity contribution is -0.137. The highest BCUT2D eigenvalue weighted by Gasteiger charge is 2.50. The molecule has 39 heavy (non-hydrogen) atoms. The van der Waals surface area contributed by atoms with Gasteiger partial charge >= 0.3 is 6.18 Å². The molecule has 210 valence electrons. The molecular weight excluding hydrogens is 513 g/mol. The summed E-state index contributed by atoms with van der Waals surface area (Å²) in [5.41, 5.74) is 0.207. The fourth-order valence-electron chi connectivity index (χ4n) is 5.25. The third kappa shape index (κ3) is 6.12. The number of aliphatic hydroxyl groups is 2. The number of aliphatic hydroxyl groups excluding tert-OH is 2. The third-order valence-electron chi connectivity index (χ3n) is 7.21. The van der Waals surface area contributed by atoms with Gasteiger partial charge in [0.1, 0.15) is 18.0 Å². The van der Waals surface area contributed by atoms with Crippen LogP contribution in [0.25, 0.3) is 0 Å². The van der Waals surface area contributed by atoms with Crippen molar-refractivity contribution in [1.82, 2.24) is 10.2 Å². The number of fused-ring (bicyclic) bond motifs is 3. The van der Waals surface area contributed by atoms with Crippen molar-refractivity contribution < 1.29 is 37.7 Å². The molecule has 0 saturated heterocycles. The van der Waals surface area contributed by atoms with Crippen LogP contribution in [-0.4, -0.2) is 64.9 Å². The maximum Gasteiger partial charge on any atom is 0.416 e. The Balaban J connectivity index is 1.72. The number of rotatable bonds is 10. The minimum Gasteiger partial charge on any atom is -0.486 e. The number of para-hydroxylation sites is 1. The number of ether oxygens (including phenoxy) is 1. The highest BCUT2D eigenvalue weighted by Crippen LogP contribution is 2.47. The van der Waals surface area contributed by atoms with Gasteiger partial charge in [0.05, 0.1) is 24.1 Å². The number of benzene rings is 2. The van der Waals surface area contributed by atoms with Gasteiger partial charge in [-0.2, -0.15) is 13.2 Å². The summed E-state index contributed by atoms with van der Waals surface area (Å²) in [6.07, 6.45) is -1.72. The van der Waals surface area contributed by atoms with E-state index in [1.807, 2.05) is 13.0 Å². The lowest BCUT2D eigenvalue weighted by Gasteiger charge is -2.41. The van der Waals surface area contributed by atoms with E-state index in [2.05, 4.69) is 5.32 Å². The first kappa shape index (κ1) is 28.6. The van der Waals surface area contributed by atoms with Gasteiger partial charge in [-0.25, -0.2) is 0 Å². The highest BCUT2D eigenvalue weighted by molar-refractivity contribution is 5.97. The fourth-order valence-corrected chi connectivity index (χ4v) is 5.25. The van der Waals surface area contributed by atoms with E-state index in [9.17, 15) is 33.0 Å². The Bertz CT molecular complexity index is 1200. The van der Waals surface area contributed by atoms with Gasteiger partial charge in [0.15, 0.2) is 0 Å². The molecule has 0 spiro atoms. The van der Waals surface area contributed by atoms with Crippen LogP contribution in [-0.2, 0) is 11.0 Å². The number of hydrogen-bond acceptors (Lipinski definition) is 5. The van der Waals surface area contributed by atoms with E-state index in [1.165, 1.54) is 4.90 Å². The Hall–Kier alpha value is -3.37. The monoisotopic (exact) mass is 546 g/mol. The van der Waals surface area contributed by atoms with Crippen LogP contribution in [0.5, 0.6) is 5.75 Å². The Morgan fingerprint density at radius 1 is 1.05 bits per heavy atom. The van der Waals surface area contributed by atoms with Crippen molar-refractivity contribution in [1.29, 1.82) is 0 Å². The predicted molar refractivity (Wildman–Crippen MR) is 138 cm³/mol. The Morgan fingerprint density at radius 2 is 1.77 bits per heavy atom. The number of hydrogen-bond donors (Lipinski definition) is 3. The van der Waals surface area contributed by atoms with E-state index in [1.54, 1.807) is 24.3 Å². The maximum absolute atomic E-state index is 13.7.